The van der Waals surface area contributed by atoms with E-state index in [0.29, 0.717) is 12.3 Å². The predicted molar refractivity (Wildman–Crippen MR) is 158 cm³/mol. The van der Waals surface area contributed by atoms with Crippen molar-refractivity contribution in [1.82, 2.24) is 10.2 Å². The molecule has 37 heavy (non-hydrogen) atoms. The molecule has 2 N–H and O–H groups in total. The fraction of sp³-hybridized carbons (Fsp3) is 0.562. The van der Waals surface area contributed by atoms with Gasteiger partial charge in [0.2, 0.25) is 5.91 Å². The number of benzene rings is 1. The number of aliphatic imine (C=N–C) groups is 1. The van der Waals surface area contributed by atoms with Gasteiger partial charge in [-0.25, -0.2) is 0 Å². The first-order valence-electron chi connectivity index (χ1n) is 14.1. The van der Waals surface area contributed by atoms with Gasteiger partial charge >= 0.3 is 0 Å². The molecular formula is C32H48N4O. The molecule has 1 aromatic carbocycles. The molecule has 3 atom stereocenters. The quantitative estimate of drug-likeness (QED) is 0.294. The van der Waals surface area contributed by atoms with Crippen LogP contribution in [0.5, 0.6) is 0 Å². The largest absolute Gasteiger partial charge is 0.379 e. The van der Waals surface area contributed by atoms with E-state index in [4.69, 9.17) is 4.99 Å². The Morgan fingerprint density at radius 1 is 1.24 bits per heavy atom. The molecule has 0 bridgehead atoms. The molecule has 2 unspecified atom stereocenters. The fourth-order valence-electron chi connectivity index (χ4n) is 4.80. The van der Waals surface area contributed by atoms with Crippen LogP contribution >= 0.6 is 0 Å². The minimum atomic E-state index is -0.117. The zero-order valence-electron chi connectivity index (χ0n) is 24.1. The van der Waals surface area contributed by atoms with Crippen LogP contribution in [0.2, 0.25) is 0 Å². The first kappa shape index (κ1) is 28.9. The first-order valence-corrected chi connectivity index (χ1v) is 14.1. The summed E-state index contributed by atoms with van der Waals surface area (Å²) in [4.78, 5) is 19.8. The van der Waals surface area contributed by atoms with Crippen LogP contribution < -0.4 is 10.6 Å². The van der Waals surface area contributed by atoms with Crippen LogP contribution in [0.25, 0.3) is 0 Å². The van der Waals surface area contributed by atoms with Gasteiger partial charge in [0, 0.05) is 50.2 Å². The molecule has 1 amide bonds. The van der Waals surface area contributed by atoms with Crippen molar-refractivity contribution >= 4 is 17.8 Å². The molecule has 0 aromatic heterocycles. The van der Waals surface area contributed by atoms with Gasteiger partial charge in [0.15, 0.2) is 0 Å². The molecule has 0 heterocycles. The summed E-state index contributed by atoms with van der Waals surface area (Å²) in [5, 5.41) is 6.75. The average Bonchev–Trinajstić information content (AvgIpc) is 2.81. The van der Waals surface area contributed by atoms with Crippen LogP contribution in [0, 0.1) is 17.3 Å². The van der Waals surface area contributed by atoms with Crippen molar-refractivity contribution in [1.29, 1.82) is 0 Å². The highest BCUT2D eigenvalue weighted by atomic mass is 16.1. The molecule has 5 heteroatoms. The summed E-state index contributed by atoms with van der Waals surface area (Å²) in [6, 6.07) is 8.39. The third-order valence-corrected chi connectivity index (χ3v) is 7.70. The normalized spacial score (nSPS) is 22.1. The van der Waals surface area contributed by atoms with E-state index in [0.717, 1.165) is 35.8 Å². The van der Waals surface area contributed by atoms with E-state index in [-0.39, 0.29) is 23.4 Å². The monoisotopic (exact) mass is 504 g/mol. The van der Waals surface area contributed by atoms with E-state index in [1.54, 1.807) is 0 Å². The lowest BCUT2D eigenvalue weighted by Gasteiger charge is -2.33. The maximum atomic E-state index is 12.9. The van der Waals surface area contributed by atoms with Gasteiger partial charge in [-0.1, -0.05) is 57.6 Å². The second-order valence-electron chi connectivity index (χ2n) is 11.6. The molecule has 1 saturated carbocycles. The van der Waals surface area contributed by atoms with Crippen molar-refractivity contribution in [2.24, 2.45) is 22.2 Å². The van der Waals surface area contributed by atoms with Gasteiger partial charge < -0.3 is 15.5 Å². The fourth-order valence-corrected chi connectivity index (χ4v) is 4.80. The van der Waals surface area contributed by atoms with Gasteiger partial charge in [-0.2, -0.15) is 0 Å². The van der Waals surface area contributed by atoms with Gasteiger partial charge in [0.1, 0.15) is 0 Å². The summed E-state index contributed by atoms with van der Waals surface area (Å²) >= 11 is 0. The number of carbonyl (C=O) groups excluding carboxylic acids is 1. The summed E-state index contributed by atoms with van der Waals surface area (Å²) in [7, 11) is 2.07. The Bertz CT molecular complexity index is 1030. The number of nitrogens with one attached hydrogen (secondary N) is 2. The maximum absolute atomic E-state index is 12.9. The minimum absolute atomic E-state index is 0.0657. The minimum Gasteiger partial charge on any atom is -0.379 e. The molecule has 3 rings (SSSR count). The number of hydrogen-bond acceptors (Lipinski definition) is 4. The Morgan fingerprint density at radius 2 is 2.00 bits per heavy atom. The van der Waals surface area contributed by atoms with Crippen molar-refractivity contribution in [3.63, 3.8) is 0 Å². The van der Waals surface area contributed by atoms with Gasteiger partial charge in [-0.3, -0.25) is 9.79 Å². The van der Waals surface area contributed by atoms with Crippen molar-refractivity contribution in [2.75, 3.05) is 18.9 Å². The standard InChI is InChI=1S/C32H48N4O/c1-8-36(7)22-30(23(2)3)33-21-24(4)34-25(5)28-13-10-14-29(19-28)35-31(37)20-32(6)17-15-27(16-18-32)26-11-9-12-26/h10,13-17,19,21-26,34H,8-9,11-12,18,20H2,1-7H3,(H,35,37)/b30-22+,33-21?/t24?,25-,32?/m0/s1. The third-order valence-electron chi connectivity index (χ3n) is 7.70. The van der Waals surface area contributed by atoms with Crippen molar-refractivity contribution in [3.05, 3.63) is 65.5 Å². The summed E-state index contributed by atoms with van der Waals surface area (Å²) in [5.41, 5.74) is 4.42. The number of amides is 1. The van der Waals surface area contributed by atoms with Crippen LogP contribution in [0.4, 0.5) is 5.69 Å². The van der Waals surface area contributed by atoms with E-state index in [1.807, 2.05) is 18.3 Å². The second-order valence-corrected chi connectivity index (χ2v) is 11.6. The van der Waals surface area contributed by atoms with E-state index >= 15 is 0 Å². The van der Waals surface area contributed by atoms with E-state index in [2.05, 4.69) is 101 Å². The van der Waals surface area contributed by atoms with E-state index in [9.17, 15) is 4.79 Å². The number of carbonyl (C=O) groups is 1. The lowest BCUT2D eigenvalue weighted by molar-refractivity contribution is -0.117. The number of hydrogen-bond donors (Lipinski definition) is 2. The molecule has 0 saturated heterocycles. The van der Waals surface area contributed by atoms with Crippen LogP contribution in [-0.2, 0) is 4.79 Å². The number of rotatable bonds is 12. The summed E-state index contributed by atoms with van der Waals surface area (Å²) in [6.45, 7) is 13.9. The summed E-state index contributed by atoms with van der Waals surface area (Å²) in [5.74, 6) is 1.18. The van der Waals surface area contributed by atoms with Crippen LogP contribution in [-0.4, -0.2) is 36.7 Å². The molecule has 0 spiro atoms. The third kappa shape index (κ3) is 8.70. The Kier molecular flexibility index (Phi) is 10.3. The predicted octanol–water partition coefficient (Wildman–Crippen LogP) is 7.27. The molecule has 5 nitrogen and oxygen atoms in total. The van der Waals surface area contributed by atoms with Gasteiger partial charge in [0.25, 0.3) is 0 Å². The Labute approximate surface area is 225 Å². The Balaban J connectivity index is 1.54. The number of allylic oxidation sites excluding steroid dienone is 5. The second kappa shape index (κ2) is 13.2. The van der Waals surface area contributed by atoms with Gasteiger partial charge in [-0.15, -0.1) is 0 Å². The van der Waals surface area contributed by atoms with E-state index in [1.165, 1.54) is 24.8 Å². The lowest BCUT2D eigenvalue weighted by atomic mass is 9.73. The molecule has 2 aliphatic rings. The zero-order chi connectivity index (χ0) is 27.0. The maximum Gasteiger partial charge on any atom is 0.225 e. The van der Waals surface area contributed by atoms with Crippen molar-refractivity contribution < 1.29 is 4.79 Å². The summed E-state index contributed by atoms with van der Waals surface area (Å²) in [6.07, 6.45) is 16.4. The molecule has 0 aliphatic heterocycles. The Hall–Kier alpha value is -2.66. The van der Waals surface area contributed by atoms with Gasteiger partial charge in [0.05, 0.1) is 5.70 Å². The molecule has 1 aromatic rings. The lowest BCUT2D eigenvalue weighted by Crippen LogP contribution is -2.30. The van der Waals surface area contributed by atoms with Crippen molar-refractivity contribution in [3.8, 4) is 0 Å². The topological polar surface area (TPSA) is 56.7 Å². The Morgan fingerprint density at radius 3 is 2.59 bits per heavy atom. The van der Waals surface area contributed by atoms with E-state index < -0.39 is 0 Å². The number of nitrogens with zero attached hydrogens (tertiary/aromatic N) is 2. The number of anilines is 1. The smallest absolute Gasteiger partial charge is 0.225 e. The highest BCUT2D eigenvalue weighted by Crippen LogP contribution is 2.40. The first-order chi connectivity index (χ1) is 17.6. The molecule has 1 fully saturated rings. The van der Waals surface area contributed by atoms with Crippen LogP contribution in [0.1, 0.15) is 85.3 Å². The average molecular weight is 505 g/mol. The molecule has 0 radical (unpaired) electrons. The van der Waals surface area contributed by atoms with Crippen molar-refractivity contribution in [2.45, 2.75) is 85.7 Å². The van der Waals surface area contributed by atoms with Crippen LogP contribution in [0.15, 0.2) is 65.0 Å². The molecule has 2 aliphatic carbocycles. The highest BCUT2D eigenvalue weighted by Gasteiger charge is 2.29. The highest BCUT2D eigenvalue weighted by molar-refractivity contribution is 5.91. The molecular weight excluding hydrogens is 456 g/mol. The zero-order valence-corrected chi connectivity index (χ0v) is 24.1. The SMILES string of the molecule is CCN(C)/C=C(/N=CC(C)N[C@@H](C)c1cccc(NC(=O)CC2(C)C=CC(C3CCC3)=CC2)c1)C(C)C. The van der Waals surface area contributed by atoms with Gasteiger partial charge in [-0.05, 0) is 80.6 Å². The van der Waals surface area contributed by atoms with Crippen LogP contribution in [0.3, 0.4) is 0 Å². The summed E-state index contributed by atoms with van der Waals surface area (Å²) < 4.78 is 0. The molecule has 202 valence electrons.